The van der Waals surface area contributed by atoms with Gasteiger partial charge in [-0.05, 0) is 25.2 Å². The van der Waals surface area contributed by atoms with Crippen LogP contribution >= 0.6 is 0 Å². The van der Waals surface area contributed by atoms with Crippen molar-refractivity contribution < 1.29 is 0 Å². The van der Waals surface area contributed by atoms with E-state index in [9.17, 15) is 0 Å². The van der Waals surface area contributed by atoms with Crippen LogP contribution in [0.4, 0.5) is 0 Å². The van der Waals surface area contributed by atoms with Crippen molar-refractivity contribution in [3.05, 3.63) is 18.2 Å². The van der Waals surface area contributed by atoms with Gasteiger partial charge in [-0.1, -0.05) is 13.3 Å². The zero-order valence-corrected chi connectivity index (χ0v) is 10.4. The summed E-state index contributed by atoms with van der Waals surface area (Å²) in [6.07, 6.45) is 8.79. The van der Waals surface area contributed by atoms with E-state index in [1.54, 1.807) is 0 Å². The monoisotopic (exact) mass is 232 g/mol. The van der Waals surface area contributed by atoms with Crippen LogP contribution in [0.3, 0.4) is 0 Å². The average Bonchev–Trinajstić information content (AvgIpc) is 2.93. The fourth-order valence-corrected chi connectivity index (χ4v) is 2.80. The number of nitrogens with zero attached hydrogens (tertiary/aromatic N) is 3. The molecule has 1 heterocycles. The minimum Gasteiger partial charge on any atom is -0.335 e. The van der Waals surface area contributed by atoms with E-state index in [0.717, 1.165) is 44.5 Å². The van der Waals surface area contributed by atoms with Gasteiger partial charge in [0.25, 0.3) is 0 Å². The number of hydrogen-bond donors (Lipinski definition) is 1. The normalized spacial score (nSPS) is 28.2. The van der Waals surface area contributed by atoms with E-state index in [2.05, 4.69) is 22.5 Å². The highest BCUT2D eigenvalue weighted by molar-refractivity contribution is 5.11. The standard InChI is InChI=1S/C13H20N4/c1-2-12-16-7-9-17(12)8-5-11-4-3-6-13(11,15)10-14/h7,9,11H,2-6,8,15H2,1H3. The first-order valence-electron chi connectivity index (χ1n) is 6.39. The first-order chi connectivity index (χ1) is 8.19. The summed E-state index contributed by atoms with van der Waals surface area (Å²) in [7, 11) is 0. The molecule has 2 unspecified atom stereocenters. The summed E-state index contributed by atoms with van der Waals surface area (Å²) in [5.41, 5.74) is 5.54. The SMILES string of the molecule is CCc1nccn1CCC1CCCC1(N)C#N. The van der Waals surface area contributed by atoms with Crippen LogP contribution in [-0.2, 0) is 13.0 Å². The molecular formula is C13H20N4. The maximum absolute atomic E-state index is 9.16. The van der Waals surface area contributed by atoms with E-state index in [4.69, 9.17) is 11.0 Å². The number of hydrogen-bond acceptors (Lipinski definition) is 3. The van der Waals surface area contributed by atoms with E-state index in [0.29, 0.717) is 5.92 Å². The summed E-state index contributed by atoms with van der Waals surface area (Å²) in [6.45, 7) is 3.03. The predicted molar refractivity (Wildman–Crippen MR) is 66.1 cm³/mol. The predicted octanol–water partition coefficient (Wildman–Crippen LogP) is 1.86. The molecular weight excluding hydrogens is 212 g/mol. The Labute approximate surface area is 102 Å². The lowest BCUT2D eigenvalue weighted by Crippen LogP contribution is -2.42. The summed E-state index contributed by atoms with van der Waals surface area (Å²) >= 11 is 0. The number of nitrogens with two attached hydrogens (primary N) is 1. The molecule has 1 aliphatic carbocycles. The molecule has 0 aliphatic heterocycles. The van der Waals surface area contributed by atoms with Gasteiger partial charge in [-0.2, -0.15) is 5.26 Å². The van der Waals surface area contributed by atoms with Gasteiger partial charge in [-0.25, -0.2) is 4.98 Å². The third-order valence-electron chi connectivity index (χ3n) is 3.92. The van der Waals surface area contributed by atoms with Crippen LogP contribution < -0.4 is 5.73 Å². The molecule has 0 amide bonds. The summed E-state index contributed by atoms with van der Waals surface area (Å²) in [6, 6.07) is 2.30. The van der Waals surface area contributed by atoms with E-state index in [1.165, 1.54) is 0 Å². The Kier molecular flexibility index (Phi) is 3.49. The lowest BCUT2D eigenvalue weighted by Gasteiger charge is -2.24. The molecule has 0 bridgehead atoms. The van der Waals surface area contributed by atoms with Crippen molar-refractivity contribution in [3.8, 4) is 6.07 Å². The number of aromatic nitrogens is 2. The topological polar surface area (TPSA) is 67.6 Å². The number of imidazole rings is 1. The molecule has 2 rings (SSSR count). The molecule has 2 N–H and O–H groups in total. The maximum Gasteiger partial charge on any atom is 0.108 e. The third-order valence-corrected chi connectivity index (χ3v) is 3.92. The van der Waals surface area contributed by atoms with Crippen molar-refractivity contribution in [2.45, 2.75) is 51.1 Å². The van der Waals surface area contributed by atoms with Gasteiger partial charge in [0, 0.05) is 25.4 Å². The van der Waals surface area contributed by atoms with Gasteiger partial charge in [-0.3, -0.25) is 0 Å². The van der Waals surface area contributed by atoms with Crippen LogP contribution in [0.1, 0.15) is 38.4 Å². The Balaban J connectivity index is 1.97. The van der Waals surface area contributed by atoms with E-state index in [1.807, 2.05) is 12.4 Å². The lowest BCUT2D eigenvalue weighted by atomic mass is 9.87. The van der Waals surface area contributed by atoms with Gasteiger partial charge in [0.15, 0.2) is 0 Å². The van der Waals surface area contributed by atoms with Gasteiger partial charge in [-0.15, -0.1) is 0 Å². The summed E-state index contributed by atoms with van der Waals surface area (Å²) in [4.78, 5) is 4.30. The van der Waals surface area contributed by atoms with Crippen molar-refractivity contribution in [3.63, 3.8) is 0 Å². The number of aryl methyl sites for hydroxylation is 2. The minimum absolute atomic E-state index is 0.333. The molecule has 0 aromatic carbocycles. The maximum atomic E-state index is 9.16. The van der Waals surface area contributed by atoms with E-state index < -0.39 is 5.54 Å². The molecule has 1 aromatic heterocycles. The van der Waals surface area contributed by atoms with Crippen LogP contribution in [-0.4, -0.2) is 15.1 Å². The zero-order valence-electron chi connectivity index (χ0n) is 10.4. The molecule has 1 aliphatic rings. The molecule has 17 heavy (non-hydrogen) atoms. The summed E-state index contributed by atoms with van der Waals surface area (Å²) in [5.74, 6) is 1.45. The largest absolute Gasteiger partial charge is 0.335 e. The first kappa shape index (κ1) is 12.1. The smallest absolute Gasteiger partial charge is 0.108 e. The van der Waals surface area contributed by atoms with Crippen LogP contribution in [0.5, 0.6) is 0 Å². The fraction of sp³-hybridized carbons (Fsp3) is 0.692. The average molecular weight is 232 g/mol. The van der Waals surface area contributed by atoms with E-state index >= 15 is 0 Å². The van der Waals surface area contributed by atoms with Crippen LogP contribution in [0.15, 0.2) is 12.4 Å². The second-order valence-corrected chi connectivity index (χ2v) is 4.92. The molecule has 0 radical (unpaired) electrons. The Bertz CT molecular complexity index is 417. The third kappa shape index (κ3) is 2.34. The Morgan fingerprint density at radius 1 is 1.71 bits per heavy atom. The van der Waals surface area contributed by atoms with Gasteiger partial charge in [0.05, 0.1) is 6.07 Å². The summed E-state index contributed by atoms with van der Waals surface area (Å²) < 4.78 is 2.18. The molecule has 4 heteroatoms. The zero-order chi connectivity index (χ0) is 12.3. The molecule has 4 nitrogen and oxygen atoms in total. The molecule has 2 atom stereocenters. The molecule has 1 fully saturated rings. The lowest BCUT2D eigenvalue weighted by molar-refractivity contribution is 0.351. The fourth-order valence-electron chi connectivity index (χ4n) is 2.80. The van der Waals surface area contributed by atoms with Crippen molar-refractivity contribution >= 4 is 0 Å². The second kappa shape index (κ2) is 4.89. The van der Waals surface area contributed by atoms with Crippen molar-refractivity contribution in [1.82, 2.24) is 9.55 Å². The quantitative estimate of drug-likeness (QED) is 0.861. The van der Waals surface area contributed by atoms with Crippen LogP contribution in [0, 0.1) is 17.2 Å². The molecule has 92 valence electrons. The highest BCUT2D eigenvalue weighted by Crippen LogP contribution is 2.35. The van der Waals surface area contributed by atoms with Crippen LogP contribution in [0.25, 0.3) is 0 Å². The first-order valence-corrected chi connectivity index (χ1v) is 6.39. The van der Waals surface area contributed by atoms with Gasteiger partial charge >= 0.3 is 0 Å². The van der Waals surface area contributed by atoms with E-state index in [-0.39, 0.29) is 0 Å². The Morgan fingerprint density at radius 2 is 2.53 bits per heavy atom. The molecule has 0 spiro atoms. The number of nitriles is 1. The van der Waals surface area contributed by atoms with Gasteiger partial charge in [0.1, 0.15) is 11.4 Å². The van der Waals surface area contributed by atoms with Gasteiger partial charge < -0.3 is 10.3 Å². The van der Waals surface area contributed by atoms with Crippen LogP contribution in [0.2, 0.25) is 0 Å². The molecule has 1 aromatic rings. The highest BCUT2D eigenvalue weighted by Gasteiger charge is 2.39. The highest BCUT2D eigenvalue weighted by atomic mass is 15.1. The van der Waals surface area contributed by atoms with Crippen molar-refractivity contribution in [2.24, 2.45) is 11.7 Å². The minimum atomic E-state index is -0.590. The summed E-state index contributed by atoms with van der Waals surface area (Å²) in [5, 5.41) is 9.16. The van der Waals surface area contributed by atoms with Gasteiger partial charge in [0.2, 0.25) is 0 Å². The second-order valence-electron chi connectivity index (χ2n) is 4.92. The Morgan fingerprint density at radius 3 is 3.24 bits per heavy atom. The Hall–Kier alpha value is -1.34. The molecule has 0 saturated heterocycles. The van der Waals surface area contributed by atoms with Crippen molar-refractivity contribution in [2.75, 3.05) is 0 Å². The molecule has 1 saturated carbocycles. The van der Waals surface area contributed by atoms with Crippen molar-refractivity contribution in [1.29, 1.82) is 5.26 Å². The number of rotatable bonds is 4.